The zero-order valence-electron chi connectivity index (χ0n) is 13.2. The molecule has 1 fully saturated rings. The highest BCUT2D eigenvalue weighted by Gasteiger charge is 2.30. The summed E-state index contributed by atoms with van der Waals surface area (Å²) in [6.45, 7) is 0. The molecule has 1 aromatic carbocycles. The Morgan fingerprint density at radius 2 is 1.92 bits per heavy atom. The summed E-state index contributed by atoms with van der Waals surface area (Å²) < 4.78 is 39.3. The van der Waals surface area contributed by atoms with Gasteiger partial charge in [0.25, 0.3) is 0 Å². The molecule has 1 aromatic heterocycles. The molecule has 0 aliphatic heterocycles. The molecule has 1 saturated carbocycles. The van der Waals surface area contributed by atoms with Gasteiger partial charge in [0.1, 0.15) is 0 Å². The maximum absolute atomic E-state index is 12.5. The number of hydrogen-bond acceptors (Lipinski definition) is 5. The number of halogens is 3. The van der Waals surface area contributed by atoms with Gasteiger partial charge in [-0.1, -0.05) is 24.6 Å². The Morgan fingerprint density at radius 3 is 2.56 bits per heavy atom. The monoisotopic (exact) mass is 371 g/mol. The van der Waals surface area contributed by atoms with Crippen molar-refractivity contribution in [2.75, 3.05) is 11.1 Å². The summed E-state index contributed by atoms with van der Waals surface area (Å²) >= 11 is 1.21. The lowest BCUT2D eigenvalue weighted by atomic mass is 10.2. The first kappa shape index (κ1) is 17.7. The molecule has 1 N–H and O–H groups in total. The van der Waals surface area contributed by atoms with Crippen molar-refractivity contribution in [3.8, 4) is 0 Å². The maximum Gasteiger partial charge on any atom is 0.416 e. The van der Waals surface area contributed by atoms with Crippen LogP contribution in [0.25, 0.3) is 0 Å². The van der Waals surface area contributed by atoms with Crippen LogP contribution in [0.1, 0.15) is 37.3 Å². The van der Waals surface area contributed by atoms with Crippen LogP contribution in [-0.2, 0) is 11.0 Å². The summed E-state index contributed by atoms with van der Waals surface area (Å²) in [4.78, 5) is 12.0. The molecule has 6 nitrogen and oxygen atoms in total. The minimum Gasteiger partial charge on any atom is -0.325 e. The fourth-order valence-corrected chi connectivity index (χ4v) is 3.47. The molecule has 2 aromatic rings. The molecule has 0 saturated heterocycles. The average Bonchev–Trinajstić information content (AvgIpc) is 3.23. The molecule has 1 aliphatic carbocycles. The Bertz CT molecular complexity index is 726. The molecule has 1 heterocycles. The zero-order valence-corrected chi connectivity index (χ0v) is 14.0. The van der Waals surface area contributed by atoms with Crippen LogP contribution in [0, 0.1) is 0 Å². The summed E-state index contributed by atoms with van der Waals surface area (Å²) in [5.74, 6) is -0.251. The van der Waals surface area contributed by atoms with Crippen LogP contribution in [0.2, 0.25) is 0 Å². The van der Waals surface area contributed by atoms with E-state index in [1.165, 1.54) is 23.9 Å². The van der Waals surface area contributed by atoms with Gasteiger partial charge in [0.15, 0.2) is 0 Å². The van der Waals surface area contributed by atoms with Crippen LogP contribution < -0.4 is 5.32 Å². The van der Waals surface area contributed by atoms with Crippen molar-refractivity contribution in [3.63, 3.8) is 0 Å². The number of carbonyl (C=O) groups excluding carboxylic acids is 1. The van der Waals surface area contributed by atoms with Gasteiger partial charge in [0.2, 0.25) is 11.1 Å². The third-order valence-corrected chi connectivity index (χ3v) is 4.89. The number of tetrazole rings is 1. The fraction of sp³-hybridized carbons (Fsp3) is 0.467. The van der Waals surface area contributed by atoms with Gasteiger partial charge in [-0.2, -0.15) is 13.2 Å². The largest absolute Gasteiger partial charge is 0.416 e. The normalized spacial score (nSPS) is 15.5. The molecule has 1 aliphatic rings. The Balaban J connectivity index is 1.54. The number of aromatic nitrogens is 4. The van der Waals surface area contributed by atoms with Crippen LogP contribution in [0.4, 0.5) is 18.9 Å². The Morgan fingerprint density at radius 1 is 1.24 bits per heavy atom. The second-order valence-corrected chi connectivity index (χ2v) is 6.70. The van der Waals surface area contributed by atoms with E-state index >= 15 is 0 Å². The predicted molar refractivity (Wildman–Crippen MR) is 86.1 cm³/mol. The van der Waals surface area contributed by atoms with Gasteiger partial charge in [-0.15, -0.1) is 5.10 Å². The van der Waals surface area contributed by atoms with Gasteiger partial charge in [0.05, 0.1) is 17.4 Å². The topological polar surface area (TPSA) is 72.7 Å². The van der Waals surface area contributed by atoms with Crippen molar-refractivity contribution in [3.05, 3.63) is 29.8 Å². The number of anilines is 1. The second kappa shape index (κ2) is 7.42. The Hall–Kier alpha value is -2.10. The van der Waals surface area contributed by atoms with E-state index in [2.05, 4.69) is 20.8 Å². The van der Waals surface area contributed by atoms with E-state index in [-0.39, 0.29) is 17.7 Å². The van der Waals surface area contributed by atoms with Crippen molar-refractivity contribution < 1.29 is 18.0 Å². The highest BCUT2D eigenvalue weighted by molar-refractivity contribution is 7.99. The van der Waals surface area contributed by atoms with Crippen molar-refractivity contribution in [1.82, 2.24) is 20.2 Å². The van der Waals surface area contributed by atoms with Gasteiger partial charge >= 0.3 is 6.18 Å². The standard InChI is InChI=1S/C15H16F3N5OS/c16-15(17,18)10-5-7-11(8-6-10)19-13(24)9-25-14-20-21-22-23(14)12-3-1-2-4-12/h5-8,12H,1-4,9H2,(H,19,24). The Kier molecular flexibility index (Phi) is 5.26. The molecule has 0 radical (unpaired) electrons. The minimum absolute atomic E-state index is 0.0775. The molecule has 0 bridgehead atoms. The first-order chi connectivity index (χ1) is 11.9. The molecule has 0 unspecified atom stereocenters. The number of nitrogens with zero attached hydrogens (tertiary/aromatic N) is 4. The maximum atomic E-state index is 12.5. The third-order valence-electron chi connectivity index (χ3n) is 3.96. The Labute approximate surface area is 146 Å². The van der Waals surface area contributed by atoms with Gasteiger partial charge in [-0.05, 0) is 47.5 Å². The second-order valence-electron chi connectivity index (χ2n) is 5.76. The molecule has 0 atom stereocenters. The van der Waals surface area contributed by atoms with Crippen molar-refractivity contribution in [2.24, 2.45) is 0 Å². The van der Waals surface area contributed by atoms with E-state index in [0.717, 1.165) is 37.8 Å². The number of nitrogens with one attached hydrogen (secondary N) is 1. The molecular weight excluding hydrogens is 355 g/mol. The third kappa shape index (κ3) is 4.50. The summed E-state index contributed by atoms with van der Waals surface area (Å²) in [6.07, 6.45) is -0.0610. The highest BCUT2D eigenvalue weighted by atomic mass is 32.2. The summed E-state index contributed by atoms with van der Waals surface area (Å²) in [5.41, 5.74) is -0.440. The number of thioether (sulfide) groups is 1. The molecule has 10 heteroatoms. The van der Waals surface area contributed by atoms with Gasteiger partial charge in [-0.3, -0.25) is 4.79 Å². The molecule has 1 amide bonds. The van der Waals surface area contributed by atoms with E-state index in [1.807, 2.05) is 0 Å². The predicted octanol–water partition coefficient (Wildman–Crippen LogP) is 3.54. The smallest absolute Gasteiger partial charge is 0.325 e. The van der Waals surface area contributed by atoms with Gasteiger partial charge < -0.3 is 5.32 Å². The summed E-state index contributed by atoms with van der Waals surface area (Å²) in [6, 6.07) is 4.60. The number of amides is 1. The zero-order chi connectivity index (χ0) is 17.9. The van der Waals surface area contributed by atoms with E-state index in [0.29, 0.717) is 10.8 Å². The summed E-state index contributed by atoms with van der Waals surface area (Å²) in [7, 11) is 0. The number of rotatable bonds is 5. The quantitative estimate of drug-likeness (QED) is 0.814. The molecular formula is C15H16F3N5OS. The van der Waals surface area contributed by atoms with E-state index < -0.39 is 11.7 Å². The van der Waals surface area contributed by atoms with Crippen LogP contribution in [0.3, 0.4) is 0 Å². The van der Waals surface area contributed by atoms with Gasteiger partial charge in [-0.25, -0.2) is 4.68 Å². The lowest BCUT2D eigenvalue weighted by Crippen LogP contribution is -2.15. The van der Waals surface area contributed by atoms with Crippen molar-refractivity contribution >= 4 is 23.4 Å². The first-order valence-corrected chi connectivity index (χ1v) is 8.80. The van der Waals surface area contributed by atoms with E-state index in [4.69, 9.17) is 0 Å². The van der Waals surface area contributed by atoms with Crippen LogP contribution >= 0.6 is 11.8 Å². The number of carbonyl (C=O) groups is 1. The lowest BCUT2D eigenvalue weighted by molar-refractivity contribution is -0.137. The van der Waals surface area contributed by atoms with Crippen LogP contribution in [0.5, 0.6) is 0 Å². The lowest BCUT2D eigenvalue weighted by Gasteiger charge is -2.11. The van der Waals surface area contributed by atoms with Crippen molar-refractivity contribution in [1.29, 1.82) is 0 Å². The highest BCUT2D eigenvalue weighted by Crippen LogP contribution is 2.32. The van der Waals surface area contributed by atoms with E-state index in [9.17, 15) is 18.0 Å². The molecule has 134 valence electrons. The fourth-order valence-electron chi connectivity index (χ4n) is 2.73. The number of alkyl halides is 3. The van der Waals surface area contributed by atoms with Crippen molar-refractivity contribution in [2.45, 2.75) is 43.1 Å². The molecule has 0 spiro atoms. The molecule has 3 rings (SSSR count). The first-order valence-electron chi connectivity index (χ1n) is 7.81. The number of benzene rings is 1. The molecule has 25 heavy (non-hydrogen) atoms. The van der Waals surface area contributed by atoms with Crippen LogP contribution in [-0.4, -0.2) is 31.9 Å². The van der Waals surface area contributed by atoms with Gasteiger partial charge in [0, 0.05) is 5.69 Å². The van der Waals surface area contributed by atoms with Crippen LogP contribution in [0.15, 0.2) is 29.4 Å². The average molecular weight is 371 g/mol. The summed E-state index contributed by atoms with van der Waals surface area (Å²) in [5, 5.41) is 14.7. The van der Waals surface area contributed by atoms with E-state index in [1.54, 1.807) is 4.68 Å². The SMILES string of the molecule is O=C(CSc1nnnn1C1CCCC1)Nc1ccc(C(F)(F)F)cc1. The minimum atomic E-state index is -4.39. The number of hydrogen-bond donors (Lipinski definition) is 1.